The second-order valence-electron chi connectivity index (χ2n) is 4.34. The van der Waals surface area contributed by atoms with Gasteiger partial charge in [-0.25, -0.2) is 0 Å². The van der Waals surface area contributed by atoms with Crippen LogP contribution < -0.4 is 5.32 Å². The summed E-state index contributed by atoms with van der Waals surface area (Å²) >= 11 is 0. The fraction of sp³-hybridized carbons (Fsp3) is 0.800. The number of nitrogens with zero attached hydrogens (tertiary/aromatic N) is 1. The smallest absolute Gasteiger partial charge is 0.246 e. The van der Waals surface area contributed by atoms with Gasteiger partial charge in [0.2, 0.25) is 11.8 Å². The Bertz CT molecular complexity index is 273. The molecule has 2 aliphatic rings. The van der Waals surface area contributed by atoms with Crippen LogP contribution >= 0.6 is 0 Å². The molecule has 1 heterocycles. The minimum atomic E-state index is -0.275. The van der Waals surface area contributed by atoms with Gasteiger partial charge in [-0.1, -0.05) is 0 Å². The average molecular weight is 196 g/mol. The Kier molecular flexibility index (Phi) is 2.31. The zero-order valence-corrected chi connectivity index (χ0v) is 8.62. The minimum absolute atomic E-state index is 0.0736. The highest BCUT2D eigenvalue weighted by Crippen LogP contribution is 2.32. The highest BCUT2D eigenvalue weighted by molar-refractivity contribution is 6.05. The summed E-state index contributed by atoms with van der Waals surface area (Å²) < 4.78 is 0. The molecule has 2 amide bonds. The molecule has 14 heavy (non-hydrogen) atoms. The van der Waals surface area contributed by atoms with Gasteiger partial charge in [0.25, 0.3) is 0 Å². The van der Waals surface area contributed by atoms with Crippen molar-refractivity contribution >= 4 is 11.8 Å². The van der Waals surface area contributed by atoms with Crippen LogP contribution in [0.5, 0.6) is 0 Å². The SMILES string of the molecule is CC(NC1CC(=O)N(C)C1=O)C1CC1. The monoisotopic (exact) mass is 196 g/mol. The Morgan fingerprint density at radius 1 is 1.43 bits per heavy atom. The molecule has 1 saturated heterocycles. The Hall–Kier alpha value is -0.900. The lowest BCUT2D eigenvalue weighted by Crippen LogP contribution is -2.42. The zero-order chi connectivity index (χ0) is 10.3. The van der Waals surface area contributed by atoms with E-state index in [4.69, 9.17) is 0 Å². The van der Waals surface area contributed by atoms with E-state index >= 15 is 0 Å². The van der Waals surface area contributed by atoms with Gasteiger partial charge in [0.1, 0.15) is 0 Å². The lowest BCUT2D eigenvalue weighted by molar-refractivity contribution is -0.137. The molecule has 2 atom stereocenters. The van der Waals surface area contributed by atoms with Crippen molar-refractivity contribution < 1.29 is 9.59 Å². The quantitative estimate of drug-likeness (QED) is 0.653. The number of hydrogen-bond acceptors (Lipinski definition) is 3. The molecule has 4 nitrogen and oxygen atoms in total. The number of likely N-dealkylation sites (tertiary alicyclic amines) is 1. The Morgan fingerprint density at radius 3 is 2.50 bits per heavy atom. The number of rotatable bonds is 3. The van der Waals surface area contributed by atoms with Crippen LogP contribution in [0, 0.1) is 5.92 Å². The minimum Gasteiger partial charge on any atom is -0.303 e. The molecule has 1 N–H and O–H groups in total. The molecule has 0 aromatic heterocycles. The summed E-state index contributed by atoms with van der Waals surface area (Å²) in [6, 6.07) is 0.0892. The Labute approximate surface area is 83.6 Å². The van der Waals surface area contributed by atoms with E-state index in [2.05, 4.69) is 12.2 Å². The highest BCUT2D eigenvalue weighted by atomic mass is 16.2. The first-order valence-electron chi connectivity index (χ1n) is 5.16. The van der Waals surface area contributed by atoms with E-state index in [0.717, 1.165) is 0 Å². The topological polar surface area (TPSA) is 49.4 Å². The number of carbonyl (C=O) groups excluding carboxylic acids is 2. The molecule has 0 spiro atoms. The molecule has 2 fully saturated rings. The van der Waals surface area contributed by atoms with Gasteiger partial charge in [0.05, 0.1) is 12.5 Å². The summed E-state index contributed by atoms with van der Waals surface area (Å²) in [5, 5.41) is 3.24. The van der Waals surface area contributed by atoms with Gasteiger partial charge in [-0.05, 0) is 25.7 Å². The third-order valence-corrected chi connectivity index (χ3v) is 3.17. The first kappa shape index (κ1) is 9.65. The summed E-state index contributed by atoms with van der Waals surface area (Å²) in [7, 11) is 1.55. The van der Waals surface area contributed by atoms with E-state index < -0.39 is 0 Å². The Balaban J connectivity index is 1.92. The van der Waals surface area contributed by atoms with Gasteiger partial charge in [-0.15, -0.1) is 0 Å². The molecule has 0 bridgehead atoms. The number of likely N-dealkylation sites (N-methyl/N-ethyl adjacent to an activating group) is 1. The van der Waals surface area contributed by atoms with Crippen molar-refractivity contribution in [2.75, 3.05) is 7.05 Å². The first-order valence-corrected chi connectivity index (χ1v) is 5.16. The predicted octanol–water partition coefficient (Wildman–Crippen LogP) is 0.132. The van der Waals surface area contributed by atoms with Gasteiger partial charge in [0, 0.05) is 13.1 Å². The summed E-state index contributed by atoms with van der Waals surface area (Å²) in [4.78, 5) is 24.0. The van der Waals surface area contributed by atoms with Crippen LogP contribution in [-0.4, -0.2) is 35.8 Å². The second-order valence-corrected chi connectivity index (χ2v) is 4.34. The molecule has 1 saturated carbocycles. The summed E-state index contributed by atoms with van der Waals surface area (Å²) in [5.41, 5.74) is 0. The van der Waals surface area contributed by atoms with Gasteiger partial charge >= 0.3 is 0 Å². The van der Waals surface area contributed by atoms with Crippen molar-refractivity contribution in [2.45, 2.75) is 38.3 Å². The van der Waals surface area contributed by atoms with Gasteiger partial charge in [-0.3, -0.25) is 14.5 Å². The predicted molar refractivity (Wildman–Crippen MR) is 51.5 cm³/mol. The van der Waals surface area contributed by atoms with Gasteiger partial charge < -0.3 is 5.32 Å². The third kappa shape index (κ3) is 1.66. The maximum atomic E-state index is 11.5. The van der Waals surface area contributed by atoms with Crippen LogP contribution in [0.1, 0.15) is 26.2 Å². The number of nitrogens with one attached hydrogen (secondary N) is 1. The molecule has 2 unspecified atom stereocenters. The molecule has 78 valence electrons. The maximum Gasteiger partial charge on any atom is 0.246 e. The summed E-state index contributed by atoms with van der Waals surface area (Å²) in [6.07, 6.45) is 2.82. The van der Waals surface area contributed by atoms with Gasteiger partial charge in [-0.2, -0.15) is 0 Å². The zero-order valence-electron chi connectivity index (χ0n) is 8.62. The lowest BCUT2D eigenvalue weighted by Gasteiger charge is -2.16. The molecule has 2 rings (SSSR count). The summed E-state index contributed by atoms with van der Waals surface area (Å²) in [5.74, 6) is 0.557. The average Bonchev–Trinajstić information content (AvgIpc) is 2.93. The first-order chi connectivity index (χ1) is 6.59. The molecule has 1 aliphatic heterocycles. The number of carbonyl (C=O) groups is 2. The van der Waals surface area contributed by atoms with Crippen LogP contribution in [0.4, 0.5) is 0 Å². The molecule has 0 aromatic carbocycles. The van der Waals surface area contributed by atoms with Crippen LogP contribution in [0.2, 0.25) is 0 Å². The number of amides is 2. The third-order valence-electron chi connectivity index (χ3n) is 3.17. The van der Waals surface area contributed by atoms with E-state index in [1.54, 1.807) is 7.05 Å². The van der Waals surface area contributed by atoms with Gasteiger partial charge in [0.15, 0.2) is 0 Å². The maximum absolute atomic E-state index is 11.5. The van der Waals surface area contributed by atoms with Crippen LogP contribution in [0.3, 0.4) is 0 Å². The van der Waals surface area contributed by atoms with E-state index in [1.807, 2.05) is 0 Å². The molecule has 0 radical (unpaired) electrons. The fourth-order valence-corrected chi connectivity index (χ4v) is 1.94. The molecule has 0 aromatic rings. The molecule has 4 heteroatoms. The summed E-state index contributed by atoms with van der Waals surface area (Å²) in [6.45, 7) is 2.09. The van der Waals surface area contributed by atoms with Crippen molar-refractivity contribution in [1.29, 1.82) is 0 Å². The normalized spacial score (nSPS) is 29.9. The van der Waals surface area contributed by atoms with Crippen molar-refractivity contribution in [1.82, 2.24) is 10.2 Å². The lowest BCUT2D eigenvalue weighted by atomic mass is 10.1. The molecular weight excluding hydrogens is 180 g/mol. The number of hydrogen-bond donors (Lipinski definition) is 1. The van der Waals surface area contributed by atoms with Crippen molar-refractivity contribution in [2.24, 2.45) is 5.92 Å². The fourth-order valence-electron chi connectivity index (χ4n) is 1.94. The Morgan fingerprint density at radius 2 is 2.07 bits per heavy atom. The van der Waals surface area contributed by atoms with E-state index in [0.29, 0.717) is 18.4 Å². The van der Waals surface area contributed by atoms with E-state index in [1.165, 1.54) is 17.7 Å². The van der Waals surface area contributed by atoms with E-state index in [9.17, 15) is 9.59 Å². The van der Waals surface area contributed by atoms with Crippen LogP contribution in [0.15, 0.2) is 0 Å². The van der Waals surface area contributed by atoms with Crippen molar-refractivity contribution in [3.8, 4) is 0 Å². The molecular formula is C10H16N2O2. The molecule has 1 aliphatic carbocycles. The van der Waals surface area contributed by atoms with Crippen LogP contribution in [0.25, 0.3) is 0 Å². The highest BCUT2D eigenvalue weighted by Gasteiger charge is 2.38. The van der Waals surface area contributed by atoms with Crippen molar-refractivity contribution in [3.05, 3.63) is 0 Å². The number of imide groups is 1. The van der Waals surface area contributed by atoms with Crippen molar-refractivity contribution in [3.63, 3.8) is 0 Å². The van der Waals surface area contributed by atoms with E-state index in [-0.39, 0.29) is 17.9 Å². The van der Waals surface area contributed by atoms with Crippen LogP contribution in [-0.2, 0) is 9.59 Å². The second kappa shape index (κ2) is 3.35. The largest absolute Gasteiger partial charge is 0.303 e. The standard InChI is InChI=1S/C10H16N2O2/c1-6(7-3-4-7)11-8-5-9(13)12(2)10(8)14/h6-8,11H,3-5H2,1-2H3.